The lowest BCUT2D eigenvalue weighted by atomic mass is 9.83. The Bertz CT molecular complexity index is 396. The third kappa shape index (κ3) is 3.08. The molecule has 1 unspecified atom stereocenters. The molecule has 0 amide bonds. The third-order valence-electron chi connectivity index (χ3n) is 3.69. The molecule has 94 valence electrons. The van der Waals surface area contributed by atoms with Gasteiger partial charge in [0, 0.05) is 18.4 Å². The molecular weight excluding hydrogens is 214 g/mol. The first-order valence-corrected chi connectivity index (χ1v) is 6.61. The molecule has 1 fully saturated rings. The van der Waals surface area contributed by atoms with E-state index in [0.29, 0.717) is 17.8 Å². The van der Waals surface area contributed by atoms with Crippen molar-refractivity contribution < 1.29 is 0 Å². The summed E-state index contributed by atoms with van der Waals surface area (Å²) in [5, 5.41) is 3.31. The third-order valence-corrected chi connectivity index (χ3v) is 3.69. The summed E-state index contributed by atoms with van der Waals surface area (Å²) in [6.07, 6.45) is 10.8. The zero-order chi connectivity index (χ0) is 12.1. The fourth-order valence-corrected chi connectivity index (χ4v) is 2.72. The zero-order valence-corrected chi connectivity index (χ0v) is 10.4. The van der Waals surface area contributed by atoms with Gasteiger partial charge in [-0.15, -0.1) is 0 Å². The van der Waals surface area contributed by atoms with Crippen LogP contribution in [0.5, 0.6) is 0 Å². The molecule has 1 saturated carbocycles. The van der Waals surface area contributed by atoms with Crippen LogP contribution in [-0.4, -0.2) is 16.0 Å². The first-order chi connectivity index (χ1) is 8.31. The van der Waals surface area contributed by atoms with Crippen LogP contribution in [0.25, 0.3) is 0 Å². The highest BCUT2D eigenvalue weighted by Gasteiger charge is 2.22. The molecule has 0 aliphatic heterocycles. The van der Waals surface area contributed by atoms with Crippen LogP contribution in [0.1, 0.15) is 45.4 Å². The Hall–Kier alpha value is -1.32. The lowest BCUT2D eigenvalue weighted by Crippen LogP contribution is -2.32. The standard InChI is InChI=1S/C13H21N3O/c1-2-11(10-6-4-3-5-7-10)16-12-13(17)15-9-8-14-12/h8-11H,2-7H2,1H3,(H,14,16)(H,15,17). The highest BCUT2D eigenvalue weighted by Crippen LogP contribution is 2.28. The van der Waals surface area contributed by atoms with Gasteiger partial charge in [-0.05, 0) is 25.2 Å². The van der Waals surface area contributed by atoms with Crippen molar-refractivity contribution in [3.63, 3.8) is 0 Å². The Morgan fingerprint density at radius 1 is 1.47 bits per heavy atom. The molecule has 0 spiro atoms. The number of nitrogens with one attached hydrogen (secondary N) is 2. The maximum Gasteiger partial charge on any atom is 0.290 e. The molecule has 1 aromatic rings. The van der Waals surface area contributed by atoms with Gasteiger partial charge in [0.2, 0.25) is 0 Å². The zero-order valence-electron chi connectivity index (χ0n) is 10.4. The molecule has 0 radical (unpaired) electrons. The SMILES string of the molecule is CCC(Nc1ncc[nH]c1=O)C1CCCCC1. The Morgan fingerprint density at radius 3 is 2.88 bits per heavy atom. The van der Waals surface area contributed by atoms with E-state index >= 15 is 0 Å². The van der Waals surface area contributed by atoms with Crippen LogP contribution < -0.4 is 10.9 Å². The minimum atomic E-state index is -0.123. The molecule has 0 aromatic carbocycles. The minimum Gasteiger partial charge on any atom is -0.362 e. The average Bonchev–Trinajstić information content (AvgIpc) is 2.39. The van der Waals surface area contributed by atoms with Crippen molar-refractivity contribution in [1.29, 1.82) is 0 Å². The van der Waals surface area contributed by atoms with Gasteiger partial charge >= 0.3 is 0 Å². The highest BCUT2D eigenvalue weighted by molar-refractivity contribution is 5.31. The molecule has 1 aliphatic rings. The summed E-state index contributed by atoms with van der Waals surface area (Å²) >= 11 is 0. The molecule has 17 heavy (non-hydrogen) atoms. The molecule has 2 N–H and O–H groups in total. The summed E-state index contributed by atoms with van der Waals surface area (Å²) in [6.45, 7) is 2.17. The fraction of sp³-hybridized carbons (Fsp3) is 0.692. The largest absolute Gasteiger partial charge is 0.362 e. The Labute approximate surface area is 102 Å². The van der Waals surface area contributed by atoms with E-state index in [-0.39, 0.29) is 5.56 Å². The molecule has 4 nitrogen and oxygen atoms in total. The van der Waals surface area contributed by atoms with Gasteiger partial charge in [-0.2, -0.15) is 0 Å². The van der Waals surface area contributed by atoms with E-state index in [0.717, 1.165) is 6.42 Å². The van der Waals surface area contributed by atoms with E-state index < -0.39 is 0 Å². The van der Waals surface area contributed by atoms with E-state index in [1.54, 1.807) is 12.4 Å². The van der Waals surface area contributed by atoms with Crippen molar-refractivity contribution in [2.75, 3.05) is 5.32 Å². The van der Waals surface area contributed by atoms with Gasteiger partial charge in [0.05, 0.1) is 0 Å². The topological polar surface area (TPSA) is 57.8 Å². The molecule has 0 bridgehead atoms. The van der Waals surface area contributed by atoms with Gasteiger partial charge in [-0.25, -0.2) is 4.98 Å². The van der Waals surface area contributed by atoms with Gasteiger partial charge in [0.25, 0.3) is 5.56 Å². The van der Waals surface area contributed by atoms with Crippen molar-refractivity contribution in [3.05, 3.63) is 22.7 Å². The van der Waals surface area contributed by atoms with Crippen LogP contribution >= 0.6 is 0 Å². The van der Waals surface area contributed by atoms with E-state index in [9.17, 15) is 4.79 Å². The van der Waals surface area contributed by atoms with Crippen molar-refractivity contribution >= 4 is 5.82 Å². The maximum atomic E-state index is 11.6. The predicted molar refractivity (Wildman–Crippen MR) is 69.1 cm³/mol. The van der Waals surface area contributed by atoms with Crippen molar-refractivity contribution in [3.8, 4) is 0 Å². The van der Waals surface area contributed by atoms with E-state index in [4.69, 9.17) is 0 Å². The molecular formula is C13H21N3O. The normalized spacial score (nSPS) is 18.9. The Kier molecular flexibility index (Phi) is 4.18. The van der Waals surface area contributed by atoms with E-state index in [1.165, 1.54) is 32.1 Å². The minimum absolute atomic E-state index is 0.123. The molecule has 1 atom stereocenters. The smallest absolute Gasteiger partial charge is 0.290 e. The van der Waals surface area contributed by atoms with Crippen LogP contribution in [-0.2, 0) is 0 Å². The van der Waals surface area contributed by atoms with Gasteiger partial charge in [-0.1, -0.05) is 26.2 Å². The summed E-state index contributed by atoms with van der Waals surface area (Å²) in [5.74, 6) is 1.15. The van der Waals surface area contributed by atoms with Gasteiger partial charge in [0.15, 0.2) is 5.82 Å². The average molecular weight is 235 g/mol. The number of nitrogens with zero attached hydrogens (tertiary/aromatic N) is 1. The first-order valence-electron chi connectivity index (χ1n) is 6.61. The fourth-order valence-electron chi connectivity index (χ4n) is 2.72. The second kappa shape index (κ2) is 5.84. The molecule has 2 rings (SSSR count). The van der Waals surface area contributed by atoms with Crippen LogP contribution in [0.3, 0.4) is 0 Å². The van der Waals surface area contributed by atoms with Gasteiger partial charge < -0.3 is 10.3 Å². The van der Waals surface area contributed by atoms with Gasteiger partial charge in [-0.3, -0.25) is 4.79 Å². The van der Waals surface area contributed by atoms with Crippen molar-refractivity contribution in [1.82, 2.24) is 9.97 Å². The summed E-state index contributed by atoms with van der Waals surface area (Å²) in [5.41, 5.74) is -0.123. The number of anilines is 1. The second-order valence-electron chi connectivity index (χ2n) is 4.82. The molecule has 1 heterocycles. The molecule has 1 aromatic heterocycles. The van der Waals surface area contributed by atoms with Crippen molar-refractivity contribution in [2.24, 2.45) is 5.92 Å². The molecule has 4 heteroatoms. The quantitative estimate of drug-likeness (QED) is 0.843. The number of H-pyrrole nitrogens is 1. The predicted octanol–water partition coefficient (Wildman–Crippen LogP) is 2.54. The lowest BCUT2D eigenvalue weighted by molar-refractivity contribution is 0.312. The van der Waals surface area contributed by atoms with Crippen molar-refractivity contribution in [2.45, 2.75) is 51.5 Å². The lowest BCUT2D eigenvalue weighted by Gasteiger charge is -2.30. The van der Waals surface area contributed by atoms with Crippen LogP contribution in [0.15, 0.2) is 17.2 Å². The Morgan fingerprint density at radius 2 is 2.24 bits per heavy atom. The first kappa shape index (κ1) is 12.1. The number of aromatic amines is 1. The van der Waals surface area contributed by atoms with Gasteiger partial charge in [0.1, 0.15) is 0 Å². The molecule has 0 saturated heterocycles. The molecule has 1 aliphatic carbocycles. The summed E-state index contributed by atoms with van der Waals surface area (Å²) < 4.78 is 0. The van der Waals surface area contributed by atoms with Crippen LogP contribution in [0.2, 0.25) is 0 Å². The summed E-state index contributed by atoms with van der Waals surface area (Å²) in [4.78, 5) is 18.3. The highest BCUT2D eigenvalue weighted by atomic mass is 16.1. The Balaban J connectivity index is 2.04. The number of aromatic nitrogens is 2. The van der Waals surface area contributed by atoms with E-state index in [2.05, 4.69) is 22.2 Å². The monoisotopic (exact) mass is 235 g/mol. The van der Waals surface area contributed by atoms with Crippen LogP contribution in [0, 0.1) is 5.92 Å². The maximum absolute atomic E-state index is 11.6. The second-order valence-corrected chi connectivity index (χ2v) is 4.82. The van der Waals surface area contributed by atoms with E-state index in [1.807, 2.05) is 0 Å². The number of rotatable bonds is 4. The van der Waals surface area contributed by atoms with Crippen LogP contribution in [0.4, 0.5) is 5.82 Å². The summed E-state index contributed by atoms with van der Waals surface area (Å²) in [6, 6.07) is 0.381. The summed E-state index contributed by atoms with van der Waals surface area (Å²) in [7, 11) is 0. The number of hydrogen-bond donors (Lipinski definition) is 2. The number of hydrogen-bond acceptors (Lipinski definition) is 3.